The van der Waals surface area contributed by atoms with Gasteiger partial charge in [-0.25, -0.2) is 14.4 Å². The molecule has 2 aliphatic rings. The molecule has 7 nitrogen and oxygen atoms in total. The molecule has 0 spiro atoms. The lowest BCUT2D eigenvalue weighted by molar-refractivity contribution is -0.130. The van der Waals surface area contributed by atoms with E-state index in [4.69, 9.17) is 4.74 Å². The van der Waals surface area contributed by atoms with Gasteiger partial charge in [-0.1, -0.05) is 11.8 Å². The Bertz CT molecular complexity index is 973. The lowest BCUT2D eigenvalue weighted by Crippen LogP contribution is -2.47. The Balaban J connectivity index is 1.20. The molecule has 164 valence electrons. The fraction of sp³-hybridized carbons (Fsp3) is 0.522. The molecule has 0 atom stereocenters. The van der Waals surface area contributed by atoms with Crippen LogP contribution in [0, 0.1) is 17.7 Å². The molecule has 1 aromatic carbocycles. The van der Waals surface area contributed by atoms with E-state index in [1.54, 1.807) is 13.0 Å². The van der Waals surface area contributed by atoms with E-state index in [2.05, 4.69) is 31.6 Å². The first-order chi connectivity index (χ1) is 15.1. The first-order valence-corrected chi connectivity index (χ1v) is 10.8. The van der Waals surface area contributed by atoms with Crippen LogP contribution in [0.15, 0.2) is 24.5 Å². The molecule has 0 N–H and O–H groups in total. The number of piperidine rings is 1. The predicted octanol–water partition coefficient (Wildman–Crippen LogP) is 1.92. The Hall–Kier alpha value is -2.76. The maximum atomic E-state index is 13.5. The number of anilines is 1. The van der Waals surface area contributed by atoms with Crippen molar-refractivity contribution in [3.05, 3.63) is 30.3 Å². The van der Waals surface area contributed by atoms with Gasteiger partial charge in [0.1, 0.15) is 24.6 Å². The highest BCUT2D eigenvalue weighted by molar-refractivity contribution is 5.89. The summed E-state index contributed by atoms with van der Waals surface area (Å²) in [6, 6.07) is 4.64. The smallest absolute Gasteiger partial charge is 0.219 e. The molecule has 2 aliphatic heterocycles. The molecule has 8 heteroatoms. The fourth-order valence-corrected chi connectivity index (χ4v) is 4.10. The number of hydrogen-bond donors (Lipinski definition) is 0. The summed E-state index contributed by atoms with van der Waals surface area (Å²) in [5.74, 6) is 7.02. The molecular weight excluding hydrogens is 397 g/mol. The fourth-order valence-electron chi connectivity index (χ4n) is 4.10. The van der Waals surface area contributed by atoms with Crippen molar-refractivity contribution in [3.63, 3.8) is 0 Å². The predicted molar refractivity (Wildman–Crippen MR) is 117 cm³/mol. The number of hydrogen-bond acceptors (Lipinski definition) is 6. The molecule has 1 amide bonds. The number of rotatable bonds is 4. The molecule has 0 unspecified atom stereocenters. The summed E-state index contributed by atoms with van der Waals surface area (Å²) in [5.41, 5.74) is 0.626. The average Bonchev–Trinajstić information content (AvgIpc) is 2.79. The van der Waals surface area contributed by atoms with Crippen molar-refractivity contribution < 1.29 is 13.9 Å². The van der Waals surface area contributed by atoms with Crippen molar-refractivity contribution in [2.24, 2.45) is 0 Å². The summed E-state index contributed by atoms with van der Waals surface area (Å²) < 4.78 is 19.4. The summed E-state index contributed by atoms with van der Waals surface area (Å²) in [6.45, 7) is 7.75. The summed E-state index contributed by atoms with van der Waals surface area (Å²) in [7, 11) is 0. The third kappa shape index (κ3) is 5.49. The average molecular weight is 426 g/mol. The Morgan fingerprint density at radius 2 is 1.90 bits per heavy atom. The molecule has 0 saturated carbocycles. The van der Waals surface area contributed by atoms with Crippen molar-refractivity contribution in [1.82, 2.24) is 19.8 Å². The van der Waals surface area contributed by atoms with Crippen molar-refractivity contribution in [2.75, 3.05) is 57.3 Å². The number of piperazine rings is 1. The van der Waals surface area contributed by atoms with Gasteiger partial charge in [0, 0.05) is 57.6 Å². The number of amides is 1. The lowest BCUT2D eigenvalue weighted by atomic mass is 10.1. The highest BCUT2D eigenvalue weighted by Crippen LogP contribution is 2.26. The number of ether oxygens (including phenoxy) is 1. The quantitative estimate of drug-likeness (QED) is 0.698. The van der Waals surface area contributed by atoms with Gasteiger partial charge < -0.3 is 14.5 Å². The van der Waals surface area contributed by atoms with E-state index >= 15 is 0 Å². The van der Waals surface area contributed by atoms with Gasteiger partial charge in [-0.15, -0.1) is 0 Å². The molecule has 4 rings (SSSR count). The second-order valence-electron chi connectivity index (χ2n) is 7.99. The van der Waals surface area contributed by atoms with E-state index in [-0.39, 0.29) is 17.8 Å². The molecule has 3 heterocycles. The second kappa shape index (κ2) is 10.0. The Kier molecular flexibility index (Phi) is 6.95. The SMILES string of the molecule is CC(=O)N1CCN(CC#CCOC2CCN(c3ncnc4cc(F)ccc34)CC2)CC1. The number of benzene rings is 1. The third-order valence-corrected chi connectivity index (χ3v) is 5.96. The van der Waals surface area contributed by atoms with Gasteiger partial charge in [-0.05, 0) is 25.0 Å². The van der Waals surface area contributed by atoms with Gasteiger partial charge in [-0.3, -0.25) is 9.69 Å². The van der Waals surface area contributed by atoms with Crippen LogP contribution in [0.25, 0.3) is 10.9 Å². The maximum Gasteiger partial charge on any atom is 0.219 e. The van der Waals surface area contributed by atoms with Crippen LogP contribution in [0.5, 0.6) is 0 Å². The first-order valence-electron chi connectivity index (χ1n) is 10.8. The number of carbonyl (C=O) groups is 1. The van der Waals surface area contributed by atoms with Crippen LogP contribution in [0.1, 0.15) is 19.8 Å². The van der Waals surface area contributed by atoms with Crippen molar-refractivity contribution >= 4 is 22.6 Å². The molecular formula is C23H28FN5O2. The lowest BCUT2D eigenvalue weighted by Gasteiger charge is -2.33. The molecule has 0 bridgehead atoms. The van der Waals surface area contributed by atoms with Crippen LogP contribution in [-0.2, 0) is 9.53 Å². The number of aromatic nitrogens is 2. The zero-order valence-corrected chi connectivity index (χ0v) is 17.9. The van der Waals surface area contributed by atoms with Crippen molar-refractivity contribution in [3.8, 4) is 11.8 Å². The van der Waals surface area contributed by atoms with E-state index in [0.29, 0.717) is 12.1 Å². The molecule has 1 aromatic heterocycles. The van der Waals surface area contributed by atoms with Crippen LogP contribution < -0.4 is 4.90 Å². The van der Waals surface area contributed by atoms with E-state index in [1.807, 2.05) is 4.90 Å². The highest BCUT2D eigenvalue weighted by atomic mass is 19.1. The maximum absolute atomic E-state index is 13.5. The number of carbonyl (C=O) groups excluding carboxylic acids is 1. The Morgan fingerprint density at radius 3 is 2.65 bits per heavy atom. The summed E-state index contributed by atoms with van der Waals surface area (Å²) in [5, 5.41) is 0.873. The van der Waals surface area contributed by atoms with Gasteiger partial charge in [0.2, 0.25) is 5.91 Å². The number of fused-ring (bicyclic) bond motifs is 1. The van der Waals surface area contributed by atoms with Crippen molar-refractivity contribution in [2.45, 2.75) is 25.9 Å². The minimum atomic E-state index is -0.288. The van der Waals surface area contributed by atoms with E-state index < -0.39 is 0 Å². The Labute approximate surface area is 182 Å². The van der Waals surface area contributed by atoms with Crippen LogP contribution >= 0.6 is 0 Å². The minimum absolute atomic E-state index is 0.145. The largest absolute Gasteiger partial charge is 0.365 e. The zero-order valence-electron chi connectivity index (χ0n) is 17.9. The molecule has 2 saturated heterocycles. The van der Waals surface area contributed by atoms with Crippen LogP contribution in [0.3, 0.4) is 0 Å². The van der Waals surface area contributed by atoms with Gasteiger partial charge >= 0.3 is 0 Å². The number of nitrogens with zero attached hydrogens (tertiary/aromatic N) is 5. The van der Waals surface area contributed by atoms with E-state index in [1.165, 1.54) is 18.5 Å². The monoisotopic (exact) mass is 425 g/mol. The molecule has 0 aliphatic carbocycles. The van der Waals surface area contributed by atoms with E-state index in [0.717, 1.165) is 69.9 Å². The third-order valence-electron chi connectivity index (χ3n) is 5.96. The topological polar surface area (TPSA) is 61.8 Å². The standard InChI is InChI=1S/C23H28FN5O2/c1-18(30)28-13-11-27(12-14-28)8-2-3-15-31-20-6-9-29(10-7-20)23-21-5-4-19(24)16-22(21)25-17-26-23/h4-5,16-17,20H,6-15H2,1H3. The summed E-state index contributed by atoms with van der Waals surface area (Å²) in [4.78, 5) is 26.3. The Morgan fingerprint density at radius 1 is 1.13 bits per heavy atom. The van der Waals surface area contributed by atoms with Crippen LogP contribution in [-0.4, -0.2) is 84.2 Å². The molecule has 2 fully saturated rings. The summed E-state index contributed by atoms with van der Waals surface area (Å²) >= 11 is 0. The normalized spacial score (nSPS) is 18.1. The first kappa shape index (κ1) is 21.5. The minimum Gasteiger partial charge on any atom is -0.365 e. The van der Waals surface area contributed by atoms with Crippen molar-refractivity contribution in [1.29, 1.82) is 0 Å². The molecule has 0 radical (unpaired) electrons. The van der Waals surface area contributed by atoms with Gasteiger partial charge in [0.05, 0.1) is 18.2 Å². The second-order valence-corrected chi connectivity index (χ2v) is 7.99. The highest BCUT2D eigenvalue weighted by Gasteiger charge is 2.22. The number of halogens is 1. The van der Waals surface area contributed by atoms with Gasteiger partial charge in [0.15, 0.2) is 0 Å². The summed E-state index contributed by atoms with van der Waals surface area (Å²) in [6.07, 6.45) is 3.49. The van der Waals surface area contributed by atoms with Gasteiger partial charge in [0.25, 0.3) is 0 Å². The van der Waals surface area contributed by atoms with Gasteiger partial charge in [-0.2, -0.15) is 0 Å². The van der Waals surface area contributed by atoms with E-state index in [9.17, 15) is 9.18 Å². The molecule has 2 aromatic rings. The van der Waals surface area contributed by atoms with Crippen LogP contribution in [0.2, 0.25) is 0 Å². The zero-order chi connectivity index (χ0) is 21.6. The molecule has 31 heavy (non-hydrogen) atoms. The van der Waals surface area contributed by atoms with Crippen LogP contribution in [0.4, 0.5) is 10.2 Å².